The number of benzene rings is 1. The lowest BCUT2D eigenvalue weighted by molar-refractivity contribution is 0.0561. The number of rotatable bonds is 8. The van der Waals surface area contributed by atoms with E-state index in [9.17, 15) is 13.2 Å². The number of nitrogens with one attached hydrogen (secondary N) is 2. The molecule has 3 heterocycles. The molecule has 1 aromatic heterocycles. The molecule has 2 aliphatic heterocycles. The van der Waals surface area contributed by atoms with E-state index in [4.69, 9.17) is 11.6 Å². The Kier molecular flexibility index (Phi) is 9.05. The van der Waals surface area contributed by atoms with Gasteiger partial charge in [0.2, 0.25) is 10.0 Å². The van der Waals surface area contributed by atoms with Gasteiger partial charge in [-0.15, -0.1) is 0 Å². The molecule has 2 aliphatic rings. The van der Waals surface area contributed by atoms with Crippen LogP contribution in [-0.4, -0.2) is 85.2 Å². The highest BCUT2D eigenvalue weighted by molar-refractivity contribution is 7.88. The molecule has 2 fully saturated rings. The lowest BCUT2D eigenvalue weighted by atomic mass is 9.98. The van der Waals surface area contributed by atoms with Gasteiger partial charge in [-0.3, -0.25) is 9.69 Å². The number of anilines is 1. The maximum absolute atomic E-state index is 13.3. The second kappa shape index (κ2) is 12.1. The fourth-order valence-electron chi connectivity index (χ4n) is 5.35. The average Bonchev–Trinajstić information content (AvgIpc) is 2.86. The van der Waals surface area contributed by atoms with Gasteiger partial charge in [0.1, 0.15) is 17.8 Å². The Morgan fingerprint density at radius 2 is 1.89 bits per heavy atom. The number of halogens is 1. The number of carbonyl (C=O) groups excluding carboxylic acids is 1. The van der Waals surface area contributed by atoms with Crippen molar-refractivity contribution in [3.8, 4) is 0 Å². The van der Waals surface area contributed by atoms with Crippen molar-refractivity contribution in [3.05, 3.63) is 51.9 Å². The Balaban J connectivity index is 1.31. The van der Waals surface area contributed by atoms with Gasteiger partial charge < -0.3 is 10.2 Å². The molecule has 0 saturated carbocycles. The van der Waals surface area contributed by atoms with E-state index in [1.807, 2.05) is 30.9 Å². The SMILES string of the molecule is Cc1cc(CCNc2ncnc(C(=O)N3CCC(N4CCC[C@@H](NS(C)(=O)=O)C4)CC3)c2C)ccc1Cl. The second-order valence-corrected chi connectivity index (χ2v) is 12.4. The van der Waals surface area contributed by atoms with Crippen LogP contribution in [0.3, 0.4) is 0 Å². The van der Waals surface area contributed by atoms with Gasteiger partial charge in [0, 0.05) is 48.8 Å². The Hall–Kier alpha value is -2.27. The number of likely N-dealkylation sites (tertiary alicyclic amines) is 2. The van der Waals surface area contributed by atoms with Gasteiger partial charge in [-0.25, -0.2) is 23.1 Å². The number of aryl methyl sites for hydroxylation is 1. The van der Waals surface area contributed by atoms with Crippen molar-refractivity contribution in [1.29, 1.82) is 0 Å². The highest BCUT2D eigenvalue weighted by Gasteiger charge is 2.32. The Bertz CT molecular complexity index is 1220. The number of hydrogen-bond donors (Lipinski definition) is 2. The van der Waals surface area contributed by atoms with E-state index < -0.39 is 10.0 Å². The van der Waals surface area contributed by atoms with E-state index in [0.29, 0.717) is 37.2 Å². The zero-order chi connectivity index (χ0) is 26.6. The summed E-state index contributed by atoms with van der Waals surface area (Å²) in [7, 11) is -3.21. The lowest BCUT2D eigenvalue weighted by Crippen LogP contribution is -2.53. The molecule has 2 N–H and O–H groups in total. The maximum atomic E-state index is 13.3. The van der Waals surface area contributed by atoms with Crippen molar-refractivity contribution in [2.75, 3.05) is 44.3 Å². The first kappa shape index (κ1) is 27.8. The summed E-state index contributed by atoms with van der Waals surface area (Å²) in [6.45, 7) is 7.57. The summed E-state index contributed by atoms with van der Waals surface area (Å²) in [5.41, 5.74) is 3.44. The van der Waals surface area contributed by atoms with Crippen molar-refractivity contribution in [1.82, 2.24) is 24.5 Å². The molecule has 1 aromatic carbocycles. The molecule has 1 amide bonds. The van der Waals surface area contributed by atoms with Crippen LogP contribution in [-0.2, 0) is 16.4 Å². The number of aromatic nitrogens is 2. The second-order valence-electron chi connectivity index (χ2n) is 10.2. The van der Waals surface area contributed by atoms with Crippen LogP contribution in [0.5, 0.6) is 0 Å². The zero-order valence-corrected chi connectivity index (χ0v) is 23.4. The molecule has 1 atom stereocenters. The zero-order valence-electron chi connectivity index (χ0n) is 21.8. The summed E-state index contributed by atoms with van der Waals surface area (Å²) in [4.78, 5) is 26.3. The van der Waals surface area contributed by atoms with E-state index in [0.717, 1.165) is 61.3 Å². The molecule has 37 heavy (non-hydrogen) atoms. The van der Waals surface area contributed by atoms with Gasteiger partial charge >= 0.3 is 0 Å². The molecule has 11 heteroatoms. The van der Waals surface area contributed by atoms with Crippen LogP contribution in [0.25, 0.3) is 0 Å². The third-order valence-electron chi connectivity index (χ3n) is 7.32. The van der Waals surface area contributed by atoms with E-state index in [-0.39, 0.29) is 11.9 Å². The molecule has 0 spiro atoms. The molecule has 2 saturated heterocycles. The van der Waals surface area contributed by atoms with Crippen molar-refractivity contribution in [3.63, 3.8) is 0 Å². The van der Waals surface area contributed by atoms with E-state index in [1.165, 1.54) is 18.1 Å². The monoisotopic (exact) mass is 548 g/mol. The Morgan fingerprint density at radius 3 is 2.59 bits per heavy atom. The van der Waals surface area contributed by atoms with Crippen molar-refractivity contribution in [2.24, 2.45) is 0 Å². The van der Waals surface area contributed by atoms with Crippen LogP contribution in [0.15, 0.2) is 24.5 Å². The van der Waals surface area contributed by atoms with E-state index >= 15 is 0 Å². The van der Waals surface area contributed by atoms with Crippen LogP contribution in [0.4, 0.5) is 5.82 Å². The van der Waals surface area contributed by atoms with Crippen molar-refractivity contribution in [2.45, 2.75) is 58.0 Å². The molecule has 4 rings (SSSR count). The summed E-state index contributed by atoms with van der Waals surface area (Å²) in [5, 5.41) is 4.12. The molecular formula is C26H37ClN6O3S. The fourth-order valence-corrected chi connectivity index (χ4v) is 6.27. The number of carbonyl (C=O) groups is 1. The first-order valence-corrected chi connectivity index (χ1v) is 15.2. The first-order chi connectivity index (χ1) is 17.6. The quantitative estimate of drug-likeness (QED) is 0.522. The molecule has 9 nitrogen and oxygen atoms in total. The number of amides is 1. The van der Waals surface area contributed by atoms with Crippen molar-refractivity contribution < 1.29 is 13.2 Å². The first-order valence-electron chi connectivity index (χ1n) is 12.9. The highest BCUT2D eigenvalue weighted by Crippen LogP contribution is 2.24. The molecule has 0 bridgehead atoms. The lowest BCUT2D eigenvalue weighted by Gasteiger charge is -2.42. The van der Waals surface area contributed by atoms with Gasteiger partial charge in [-0.2, -0.15) is 0 Å². The molecule has 202 valence electrons. The van der Waals surface area contributed by atoms with Gasteiger partial charge in [0.25, 0.3) is 5.91 Å². The summed E-state index contributed by atoms with van der Waals surface area (Å²) >= 11 is 6.12. The smallest absolute Gasteiger partial charge is 0.272 e. The number of piperidine rings is 2. The van der Waals surface area contributed by atoms with Gasteiger partial charge in [0.05, 0.1) is 6.26 Å². The fraction of sp³-hybridized carbons (Fsp3) is 0.577. The molecule has 0 unspecified atom stereocenters. The van der Waals surface area contributed by atoms with Crippen LogP contribution in [0.2, 0.25) is 5.02 Å². The van der Waals surface area contributed by atoms with Crippen LogP contribution in [0.1, 0.15) is 52.9 Å². The standard InChI is InChI=1S/C26H37ClN6O3S/c1-18-15-20(6-7-23(18)27)8-11-28-25-19(2)24(29-17-30-25)26(34)32-13-9-22(10-14-32)33-12-4-5-21(16-33)31-37(3,35)36/h6-7,15,17,21-22,31H,4-5,8-14,16H2,1-3H3,(H,28,29,30)/t21-/m1/s1. The Morgan fingerprint density at radius 1 is 1.14 bits per heavy atom. The largest absolute Gasteiger partial charge is 0.369 e. The summed E-state index contributed by atoms with van der Waals surface area (Å²) in [6, 6.07) is 6.34. The topological polar surface area (TPSA) is 108 Å². The van der Waals surface area contributed by atoms with Crippen LogP contribution < -0.4 is 10.0 Å². The Labute approximate surface area is 225 Å². The van der Waals surface area contributed by atoms with Gasteiger partial charge in [-0.1, -0.05) is 23.7 Å². The minimum atomic E-state index is -3.21. The number of hydrogen-bond acceptors (Lipinski definition) is 7. The highest BCUT2D eigenvalue weighted by atomic mass is 35.5. The minimum Gasteiger partial charge on any atom is -0.369 e. The van der Waals surface area contributed by atoms with Gasteiger partial charge in [0.15, 0.2) is 0 Å². The number of nitrogens with zero attached hydrogens (tertiary/aromatic N) is 4. The average molecular weight is 549 g/mol. The van der Waals surface area contributed by atoms with Crippen LogP contribution >= 0.6 is 11.6 Å². The third kappa shape index (κ3) is 7.40. The normalized spacial score (nSPS) is 19.7. The molecule has 2 aromatic rings. The minimum absolute atomic E-state index is 0.0401. The van der Waals surface area contributed by atoms with Gasteiger partial charge in [-0.05, 0) is 69.7 Å². The molecular weight excluding hydrogens is 512 g/mol. The summed E-state index contributed by atoms with van der Waals surface area (Å²) < 4.78 is 26.0. The number of sulfonamides is 1. The van der Waals surface area contributed by atoms with E-state index in [1.54, 1.807) is 0 Å². The molecule has 0 aliphatic carbocycles. The molecule has 0 radical (unpaired) electrons. The third-order valence-corrected chi connectivity index (χ3v) is 8.50. The predicted molar refractivity (Wildman–Crippen MR) is 147 cm³/mol. The van der Waals surface area contributed by atoms with Crippen molar-refractivity contribution >= 4 is 33.3 Å². The summed E-state index contributed by atoms with van der Waals surface area (Å²) in [5.74, 6) is 0.613. The summed E-state index contributed by atoms with van der Waals surface area (Å²) in [6.07, 6.45) is 7.05. The van der Waals surface area contributed by atoms with E-state index in [2.05, 4.69) is 31.0 Å². The maximum Gasteiger partial charge on any atom is 0.272 e. The van der Waals surface area contributed by atoms with Crippen LogP contribution in [0, 0.1) is 13.8 Å². The predicted octanol–water partition coefficient (Wildman–Crippen LogP) is 3.02.